The van der Waals surface area contributed by atoms with Gasteiger partial charge in [-0.05, 0) is 76.4 Å². The molecule has 0 spiro atoms. The Labute approximate surface area is 247 Å². The van der Waals surface area contributed by atoms with E-state index in [2.05, 4.69) is 81.1 Å². The summed E-state index contributed by atoms with van der Waals surface area (Å²) in [5.41, 5.74) is 9.77. The first-order chi connectivity index (χ1) is 18.7. The fraction of sp³-hybridized carbons (Fsp3) is 0.562. The van der Waals surface area contributed by atoms with Gasteiger partial charge in [0.1, 0.15) is 0 Å². The maximum Gasteiger partial charge on any atom is 0.0949 e. The number of nitrogens with zero attached hydrogens (tertiary/aromatic N) is 3. The van der Waals surface area contributed by atoms with Crippen molar-refractivity contribution in [1.82, 2.24) is 9.91 Å². The van der Waals surface area contributed by atoms with E-state index >= 15 is 0 Å². The lowest BCUT2D eigenvalue weighted by atomic mass is 10.0. The Bertz CT molecular complexity index is 1050. The van der Waals surface area contributed by atoms with Crippen LogP contribution in [-0.4, -0.2) is 48.0 Å². The van der Waals surface area contributed by atoms with E-state index in [1.807, 2.05) is 51.7 Å². The smallest absolute Gasteiger partial charge is 0.0949 e. The lowest BCUT2D eigenvalue weighted by Gasteiger charge is -2.31. The van der Waals surface area contributed by atoms with Crippen molar-refractivity contribution in [2.45, 2.75) is 96.5 Å². The number of para-hydroxylation sites is 1. The SMILES string of the molecule is CC.CC.CN1CCCC1C1Sc2ccccc2N1C.Cc1ccc(/C(N)=C/N(N)C(C=C2CC2)C(C)C)s1. The Morgan fingerprint density at radius 1 is 1.05 bits per heavy atom. The number of benzene rings is 1. The van der Waals surface area contributed by atoms with E-state index in [1.165, 1.54) is 53.3 Å². The van der Waals surface area contributed by atoms with Gasteiger partial charge >= 0.3 is 0 Å². The number of hydrogen-bond acceptors (Lipinski definition) is 7. The van der Waals surface area contributed by atoms with Gasteiger partial charge < -0.3 is 20.5 Å². The van der Waals surface area contributed by atoms with E-state index in [-0.39, 0.29) is 6.04 Å². The summed E-state index contributed by atoms with van der Waals surface area (Å²) in [7, 11) is 4.49. The average Bonchev–Trinajstić information content (AvgIpc) is 3.33. The van der Waals surface area contributed by atoms with E-state index < -0.39 is 0 Å². The fourth-order valence-electron chi connectivity index (χ4n) is 4.83. The van der Waals surface area contributed by atoms with Crippen molar-refractivity contribution in [3.63, 3.8) is 0 Å². The summed E-state index contributed by atoms with van der Waals surface area (Å²) < 4.78 is 0. The second kappa shape index (κ2) is 16.4. The number of likely N-dealkylation sites (N-methyl/N-ethyl adjacent to an activating group) is 2. The van der Waals surface area contributed by atoms with Gasteiger partial charge in [-0.25, -0.2) is 5.84 Å². The topological polar surface area (TPSA) is 61.8 Å². The molecule has 3 heterocycles. The molecule has 4 N–H and O–H groups in total. The number of anilines is 1. The van der Waals surface area contributed by atoms with Crippen LogP contribution in [0.5, 0.6) is 0 Å². The Morgan fingerprint density at radius 2 is 1.72 bits per heavy atom. The summed E-state index contributed by atoms with van der Waals surface area (Å²) in [5.74, 6) is 6.64. The Morgan fingerprint density at radius 3 is 2.23 bits per heavy atom. The van der Waals surface area contributed by atoms with E-state index in [0.717, 1.165) is 10.6 Å². The average molecular weight is 572 g/mol. The third-order valence-corrected chi connectivity index (χ3v) is 9.59. The highest BCUT2D eigenvalue weighted by atomic mass is 32.2. The number of hydrogen-bond donors (Lipinski definition) is 2. The first-order valence-electron chi connectivity index (χ1n) is 14.7. The van der Waals surface area contributed by atoms with E-state index in [4.69, 9.17) is 11.6 Å². The highest BCUT2D eigenvalue weighted by molar-refractivity contribution is 8.00. The number of rotatable bonds is 6. The van der Waals surface area contributed by atoms with Crippen LogP contribution >= 0.6 is 23.1 Å². The zero-order valence-corrected chi connectivity index (χ0v) is 27.4. The zero-order chi connectivity index (χ0) is 29.1. The molecule has 3 atom stereocenters. The van der Waals surface area contributed by atoms with Crippen molar-refractivity contribution in [2.75, 3.05) is 25.5 Å². The van der Waals surface area contributed by atoms with Crippen LogP contribution in [0.25, 0.3) is 5.70 Å². The van der Waals surface area contributed by atoms with Gasteiger partial charge in [-0.15, -0.1) is 11.3 Å². The van der Waals surface area contributed by atoms with Gasteiger partial charge in [0.15, 0.2) is 0 Å². The molecule has 218 valence electrons. The molecular weight excluding hydrogens is 519 g/mol. The van der Waals surface area contributed by atoms with Crippen LogP contribution in [0.4, 0.5) is 5.69 Å². The molecule has 0 bridgehead atoms. The Balaban J connectivity index is 0.000000245. The van der Waals surface area contributed by atoms with Gasteiger partial charge in [0.25, 0.3) is 0 Å². The van der Waals surface area contributed by atoms with Gasteiger partial charge in [0, 0.05) is 29.1 Å². The molecule has 0 amide bonds. The molecule has 1 saturated carbocycles. The van der Waals surface area contributed by atoms with Crippen LogP contribution in [-0.2, 0) is 0 Å². The van der Waals surface area contributed by atoms with Gasteiger partial charge in [-0.1, -0.05) is 77.1 Å². The lowest BCUT2D eigenvalue weighted by molar-refractivity contribution is 0.271. The number of hydrazine groups is 1. The molecule has 1 aromatic carbocycles. The fourth-order valence-corrected chi connectivity index (χ4v) is 7.14. The van der Waals surface area contributed by atoms with E-state index in [0.29, 0.717) is 17.3 Å². The normalized spacial score (nSPS) is 20.6. The third kappa shape index (κ3) is 9.31. The van der Waals surface area contributed by atoms with Crippen molar-refractivity contribution in [2.24, 2.45) is 17.5 Å². The largest absolute Gasteiger partial charge is 0.396 e. The van der Waals surface area contributed by atoms with Crippen LogP contribution in [0, 0.1) is 12.8 Å². The molecule has 2 aromatic rings. The molecular formula is C32H53N5S2. The maximum atomic E-state index is 6.18. The highest BCUT2D eigenvalue weighted by Gasteiger charge is 2.37. The van der Waals surface area contributed by atoms with Crippen LogP contribution in [0.3, 0.4) is 0 Å². The number of thioether (sulfide) groups is 1. The van der Waals surface area contributed by atoms with E-state index in [1.54, 1.807) is 16.3 Å². The molecule has 5 nitrogen and oxygen atoms in total. The summed E-state index contributed by atoms with van der Waals surface area (Å²) in [6, 6.07) is 13.8. The molecule has 5 rings (SSSR count). The molecule has 39 heavy (non-hydrogen) atoms. The molecule has 3 unspecified atom stereocenters. The van der Waals surface area contributed by atoms with Gasteiger partial charge in [0.2, 0.25) is 0 Å². The zero-order valence-electron chi connectivity index (χ0n) is 25.8. The molecule has 3 aliphatic rings. The van der Waals surface area contributed by atoms with Gasteiger partial charge in [-0.3, -0.25) is 0 Å². The molecule has 1 aliphatic carbocycles. The van der Waals surface area contributed by atoms with Crippen molar-refractivity contribution < 1.29 is 0 Å². The predicted molar refractivity (Wildman–Crippen MR) is 176 cm³/mol. The molecule has 1 aromatic heterocycles. The minimum atomic E-state index is 0.220. The first-order valence-corrected chi connectivity index (χ1v) is 16.4. The molecule has 0 radical (unpaired) electrons. The van der Waals surface area contributed by atoms with Gasteiger partial charge in [0.05, 0.1) is 27.7 Å². The molecule has 2 fully saturated rings. The lowest BCUT2D eigenvalue weighted by Crippen LogP contribution is -2.42. The Kier molecular flexibility index (Phi) is 14.0. The number of thiophene rings is 1. The van der Waals surface area contributed by atoms with Crippen LogP contribution < -0.4 is 16.5 Å². The summed E-state index contributed by atoms with van der Waals surface area (Å²) in [6.45, 7) is 15.7. The maximum absolute atomic E-state index is 6.18. The van der Waals surface area contributed by atoms with Crippen molar-refractivity contribution >= 4 is 34.5 Å². The standard InChI is InChI=1S/C15H23N3S.C13H18N2S.2C2H6/c1-10(2)14(8-12-5-6-12)18(17)9-13(16)15-7-4-11(3)19-15;1-14-9-5-7-11(14)13-15(2)10-6-3-4-8-12(10)16-13;2*1-2/h4,7-10,14H,5-6,16-17H2,1-3H3;3-4,6,8,11,13H,5,7,9H2,1-2H3;2*1-2H3/b13-9-;;;. The van der Waals surface area contributed by atoms with Crippen LogP contribution in [0.15, 0.2) is 59.1 Å². The van der Waals surface area contributed by atoms with Crippen molar-refractivity contribution in [1.29, 1.82) is 0 Å². The first kappa shape index (κ1) is 33.3. The van der Waals surface area contributed by atoms with Crippen LogP contribution in [0.2, 0.25) is 0 Å². The number of likely N-dealkylation sites (tertiary alicyclic amines) is 1. The molecule has 7 heteroatoms. The summed E-state index contributed by atoms with van der Waals surface area (Å²) >= 11 is 3.72. The number of nitrogens with two attached hydrogens (primary N) is 2. The molecule has 2 aliphatic heterocycles. The summed E-state index contributed by atoms with van der Waals surface area (Å²) in [5, 5.41) is 2.35. The van der Waals surface area contributed by atoms with E-state index in [9.17, 15) is 0 Å². The second-order valence-corrected chi connectivity index (χ2v) is 12.7. The molecule has 1 saturated heterocycles. The summed E-state index contributed by atoms with van der Waals surface area (Å²) in [4.78, 5) is 8.74. The quantitative estimate of drug-likeness (QED) is 0.209. The van der Waals surface area contributed by atoms with Crippen LogP contribution in [0.1, 0.15) is 77.0 Å². The number of allylic oxidation sites excluding steroid dienone is 1. The number of fused-ring (bicyclic) bond motifs is 1. The minimum absolute atomic E-state index is 0.220. The minimum Gasteiger partial charge on any atom is -0.396 e. The van der Waals surface area contributed by atoms with Crippen molar-refractivity contribution in [3.05, 3.63) is 64.0 Å². The predicted octanol–water partition coefficient (Wildman–Crippen LogP) is 7.94. The third-order valence-electron chi connectivity index (χ3n) is 7.07. The second-order valence-electron chi connectivity index (χ2n) is 10.3. The highest BCUT2D eigenvalue weighted by Crippen LogP contribution is 2.45. The van der Waals surface area contributed by atoms with Crippen molar-refractivity contribution in [3.8, 4) is 0 Å². The monoisotopic (exact) mass is 571 g/mol. The summed E-state index contributed by atoms with van der Waals surface area (Å²) in [6.07, 6.45) is 9.28. The Hall–Kier alpha value is -1.93. The number of aryl methyl sites for hydroxylation is 1. The van der Waals surface area contributed by atoms with Gasteiger partial charge in [-0.2, -0.15) is 0 Å².